The van der Waals surface area contributed by atoms with Crippen LogP contribution in [0.4, 0.5) is 0 Å². The average Bonchev–Trinajstić information content (AvgIpc) is 2.89. The van der Waals surface area contributed by atoms with Crippen LogP contribution in [0.15, 0.2) is 30.6 Å². The van der Waals surface area contributed by atoms with Crippen LogP contribution in [0.5, 0.6) is 0 Å². The van der Waals surface area contributed by atoms with E-state index in [9.17, 15) is 4.79 Å². The van der Waals surface area contributed by atoms with Gasteiger partial charge in [-0.15, -0.1) is 0 Å². The summed E-state index contributed by atoms with van der Waals surface area (Å²) in [5.41, 5.74) is 1.93. The molecule has 5 nitrogen and oxygen atoms in total. The van der Waals surface area contributed by atoms with Crippen LogP contribution < -0.4 is 0 Å². The maximum atomic E-state index is 11.9. The summed E-state index contributed by atoms with van der Waals surface area (Å²) in [5.74, 6) is -0.131. The zero-order valence-electron chi connectivity index (χ0n) is 11.7. The zero-order valence-corrected chi connectivity index (χ0v) is 11.7. The van der Waals surface area contributed by atoms with E-state index in [2.05, 4.69) is 9.88 Å². The predicted octanol–water partition coefficient (Wildman–Crippen LogP) is 1.86. The molecule has 5 heteroatoms. The van der Waals surface area contributed by atoms with Gasteiger partial charge in [-0.1, -0.05) is 12.5 Å². The second-order valence-electron chi connectivity index (χ2n) is 5.20. The van der Waals surface area contributed by atoms with Gasteiger partial charge in [0.25, 0.3) is 0 Å². The first kappa shape index (κ1) is 13.1. The van der Waals surface area contributed by atoms with Gasteiger partial charge >= 0.3 is 5.97 Å². The number of pyridine rings is 1. The second kappa shape index (κ2) is 5.63. The molecule has 1 aliphatic heterocycles. The molecule has 0 aromatic carbocycles. The van der Waals surface area contributed by atoms with Gasteiger partial charge in [-0.3, -0.25) is 9.69 Å². The van der Waals surface area contributed by atoms with Gasteiger partial charge in [-0.05, 0) is 31.5 Å². The molecule has 1 fully saturated rings. The Morgan fingerprint density at radius 2 is 2.35 bits per heavy atom. The Bertz CT molecular complexity index is 575. The van der Waals surface area contributed by atoms with Gasteiger partial charge in [-0.25, -0.2) is 4.98 Å². The minimum atomic E-state index is -0.131. The van der Waals surface area contributed by atoms with E-state index < -0.39 is 0 Å². The molecule has 3 rings (SSSR count). The molecular weight excluding hydrogens is 254 g/mol. The van der Waals surface area contributed by atoms with E-state index in [0.29, 0.717) is 6.54 Å². The van der Waals surface area contributed by atoms with Crippen molar-refractivity contribution in [3.8, 4) is 0 Å². The van der Waals surface area contributed by atoms with Gasteiger partial charge in [0.2, 0.25) is 0 Å². The van der Waals surface area contributed by atoms with Crippen molar-refractivity contribution in [2.45, 2.75) is 31.8 Å². The number of carbonyl (C=O) groups excluding carboxylic acids is 1. The highest BCUT2D eigenvalue weighted by Crippen LogP contribution is 2.20. The minimum absolute atomic E-state index is 0.126. The molecule has 1 atom stereocenters. The third kappa shape index (κ3) is 2.54. The first-order chi connectivity index (χ1) is 9.78. The van der Waals surface area contributed by atoms with E-state index in [-0.39, 0.29) is 12.0 Å². The van der Waals surface area contributed by atoms with Crippen LogP contribution in [0.2, 0.25) is 0 Å². The van der Waals surface area contributed by atoms with Gasteiger partial charge in [0.05, 0.1) is 12.8 Å². The summed E-state index contributed by atoms with van der Waals surface area (Å²) in [6.45, 7) is 1.62. The smallest absolute Gasteiger partial charge is 0.323 e. The maximum absolute atomic E-state index is 11.9. The van der Waals surface area contributed by atoms with Gasteiger partial charge in [0.1, 0.15) is 11.7 Å². The molecule has 3 heterocycles. The largest absolute Gasteiger partial charge is 0.468 e. The number of ether oxygens (including phenoxy) is 1. The maximum Gasteiger partial charge on any atom is 0.323 e. The number of fused-ring (bicyclic) bond motifs is 1. The molecule has 0 unspecified atom stereocenters. The molecule has 2 aromatic rings. The number of esters is 1. The Morgan fingerprint density at radius 1 is 1.45 bits per heavy atom. The van der Waals surface area contributed by atoms with Crippen molar-refractivity contribution < 1.29 is 9.53 Å². The van der Waals surface area contributed by atoms with Crippen LogP contribution >= 0.6 is 0 Å². The first-order valence-corrected chi connectivity index (χ1v) is 7.02. The summed E-state index contributed by atoms with van der Waals surface area (Å²) >= 11 is 0. The topological polar surface area (TPSA) is 46.8 Å². The summed E-state index contributed by atoms with van der Waals surface area (Å²) in [4.78, 5) is 18.6. The number of nitrogens with zero attached hydrogens (tertiary/aromatic N) is 3. The van der Waals surface area contributed by atoms with E-state index in [0.717, 1.165) is 37.1 Å². The highest BCUT2D eigenvalue weighted by molar-refractivity contribution is 5.75. The molecule has 20 heavy (non-hydrogen) atoms. The molecular formula is C15H19N3O2. The molecule has 0 spiro atoms. The lowest BCUT2D eigenvalue weighted by atomic mass is 10.0. The quantitative estimate of drug-likeness (QED) is 0.801. The monoisotopic (exact) mass is 273 g/mol. The van der Waals surface area contributed by atoms with E-state index in [1.807, 2.05) is 35.0 Å². The summed E-state index contributed by atoms with van der Waals surface area (Å²) in [7, 11) is 1.46. The van der Waals surface area contributed by atoms with Crippen molar-refractivity contribution in [3.63, 3.8) is 0 Å². The molecule has 0 saturated carbocycles. The highest BCUT2D eigenvalue weighted by atomic mass is 16.5. The lowest BCUT2D eigenvalue weighted by Crippen LogP contribution is -2.44. The average molecular weight is 273 g/mol. The van der Waals surface area contributed by atoms with Gasteiger partial charge in [0, 0.05) is 18.9 Å². The molecule has 0 N–H and O–H groups in total. The van der Waals surface area contributed by atoms with Crippen LogP contribution in [0, 0.1) is 0 Å². The fourth-order valence-electron chi connectivity index (χ4n) is 2.85. The van der Waals surface area contributed by atoms with Crippen molar-refractivity contribution in [3.05, 3.63) is 36.3 Å². The summed E-state index contributed by atoms with van der Waals surface area (Å²) < 4.78 is 6.92. The van der Waals surface area contributed by atoms with Gasteiger partial charge < -0.3 is 9.14 Å². The molecule has 2 aromatic heterocycles. The van der Waals surface area contributed by atoms with Crippen molar-refractivity contribution >= 4 is 11.6 Å². The van der Waals surface area contributed by atoms with Crippen molar-refractivity contribution in [2.75, 3.05) is 13.7 Å². The van der Waals surface area contributed by atoms with E-state index in [1.54, 1.807) is 0 Å². The normalized spacial score (nSPS) is 20.1. The van der Waals surface area contributed by atoms with Crippen LogP contribution in [0.1, 0.15) is 25.0 Å². The van der Waals surface area contributed by atoms with Crippen LogP contribution in [0.3, 0.4) is 0 Å². The molecule has 0 amide bonds. The Labute approximate surface area is 118 Å². The number of imidazole rings is 1. The molecule has 106 valence electrons. The fourth-order valence-corrected chi connectivity index (χ4v) is 2.85. The van der Waals surface area contributed by atoms with Gasteiger partial charge in [-0.2, -0.15) is 0 Å². The standard InChI is InChI=1S/C15H19N3O2/c1-20-15(19)13-6-2-4-8-17(13)10-12-11-18-9-5-3-7-14(18)16-12/h3,5,7,9,11,13H,2,4,6,8,10H2,1H3/t13-/m1/s1. The van der Waals surface area contributed by atoms with Crippen LogP contribution in [0.25, 0.3) is 5.65 Å². The predicted molar refractivity (Wildman–Crippen MR) is 75.3 cm³/mol. The minimum Gasteiger partial charge on any atom is -0.468 e. The number of aromatic nitrogens is 2. The lowest BCUT2D eigenvalue weighted by Gasteiger charge is -2.33. The third-order valence-corrected chi connectivity index (χ3v) is 3.87. The molecule has 0 radical (unpaired) electrons. The van der Waals surface area contributed by atoms with Gasteiger partial charge in [0.15, 0.2) is 0 Å². The number of methoxy groups -OCH3 is 1. The van der Waals surface area contributed by atoms with E-state index in [1.165, 1.54) is 7.11 Å². The number of hydrogen-bond donors (Lipinski definition) is 0. The van der Waals surface area contributed by atoms with E-state index in [4.69, 9.17) is 4.74 Å². The number of carbonyl (C=O) groups is 1. The lowest BCUT2D eigenvalue weighted by molar-refractivity contribution is -0.148. The number of piperidine rings is 1. The molecule has 0 bridgehead atoms. The van der Waals surface area contributed by atoms with Crippen molar-refractivity contribution in [1.82, 2.24) is 14.3 Å². The Balaban J connectivity index is 1.79. The number of likely N-dealkylation sites (tertiary alicyclic amines) is 1. The highest BCUT2D eigenvalue weighted by Gasteiger charge is 2.29. The fraction of sp³-hybridized carbons (Fsp3) is 0.467. The van der Waals surface area contributed by atoms with E-state index >= 15 is 0 Å². The Hall–Kier alpha value is -1.88. The SMILES string of the molecule is COC(=O)[C@H]1CCCCN1Cc1cn2ccccc2n1. The Kier molecular flexibility index (Phi) is 3.69. The Morgan fingerprint density at radius 3 is 3.15 bits per heavy atom. The van der Waals surface area contributed by atoms with Crippen LogP contribution in [-0.4, -0.2) is 40.0 Å². The summed E-state index contributed by atoms with van der Waals surface area (Å²) in [5, 5.41) is 0. The zero-order chi connectivity index (χ0) is 13.9. The second-order valence-corrected chi connectivity index (χ2v) is 5.20. The first-order valence-electron chi connectivity index (χ1n) is 7.02. The summed E-state index contributed by atoms with van der Waals surface area (Å²) in [6.07, 6.45) is 7.10. The third-order valence-electron chi connectivity index (χ3n) is 3.87. The number of hydrogen-bond acceptors (Lipinski definition) is 4. The molecule has 1 saturated heterocycles. The molecule has 1 aliphatic rings. The summed E-state index contributed by atoms with van der Waals surface area (Å²) in [6, 6.07) is 5.82. The van der Waals surface area contributed by atoms with Crippen LogP contribution in [-0.2, 0) is 16.1 Å². The molecule has 0 aliphatic carbocycles. The van der Waals surface area contributed by atoms with Crippen molar-refractivity contribution in [2.24, 2.45) is 0 Å². The van der Waals surface area contributed by atoms with Crippen molar-refractivity contribution in [1.29, 1.82) is 0 Å². The number of rotatable bonds is 3.